The number of alkyl halides is 1. The van der Waals surface area contributed by atoms with Crippen LogP contribution >= 0.6 is 11.6 Å². The van der Waals surface area contributed by atoms with Gasteiger partial charge in [0.15, 0.2) is 0 Å². The zero-order valence-corrected chi connectivity index (χ0v) is 13.4. The fraction of sp³-hybridized carbons (Fsp3) is 1.00. The molecule has 3 saturated heterocycles. The first-order valence-electron chi connectivity index (χ1n) is 7.93. The molecule has 0 aliphatic carbocycles. The molecule has 6 heteroatoms. The van der Waals surface area contributed by atoms with Crippen LogP contribution in [0.4, 0.5) is 0 Å². The highest BCUT2D eigenvalue weighted by atomic mass is 35.5. The molecule has 3 heterocycles. The van der Waals surface area contributed by atoms with E-state index in [4.69, 9.17) is 11.6 Å². The van der Waals surface area contributed by atoms with Crippen LogP contribution < -0.4 is 10.6 Å². The van der Waals surface area contributed by atoms with Gasteiger partial charge < -0.3 is 4.90 Å². The minimum Gasteiger partial charge on any atom is -0.306 e. The van der Waals surface area contributed by atoms with Crippen molar-refractivity contribution in [2.24, 2.45) is 0 Å². The third kappa shape index (κ3) is 3.13. The summed E-state index contributed by atoms with van der Waals surface area (Å²) in [7, 11) is 4.47. The lowest BCUT2D eigenvalue weighted by Gasteiger charge is -2.47. The lowest BCUT2D eigenvalue weighted by molar-refractivity contribution is 0.0212. The van der Waals surface area contributed by atoms with Gasteiger partial charge in [-0.1, -0.05) is 11.6 Å². The van der Waals surface area contributed by atoms with Crippen molar-refractivity contribution in [1.29, 1.82) is 0 Å². The van der Waals surface area contributed by atoms with Gasteiger partial charge in [0.2, 0.25) is 0 Å². The van der Waals surface area contributed by atoms with E-state index < -0.39 is 0 Å². The second-order valence-corrected chi connectivity index (χ2v) is 6.99. The quantitative estimate of drug-likeness (QED) is 0.531. The first kappa shape index (κ1) is 15.0. The van der Waals surface area contributed by atoms with E-state index in [9.17, 15) is 0 Å². The molecule has 0 spiro atoms. The van der Waals surface area contributed by atoms with Crippen molar-refractivity contribution in [1.82, 2.24) is 25.3 Å². The minimum atomic E-state index is -0.100. The van der Waals surface area contributed by atoms with E-state index in [2.05, 4.69) is 39.4 Å². The van der Waals surface area contributed by atoms with Crippen molar-refractivity contribution in [2.45, 2.75) is 43.1 Å². The molecule has 0 radical (unpaired) electrons. The first-order valence-corrected chi connectivity index (χ1v) is 8.37. The molecule has 5 nitrogen and oxygen atoms in total. The van der Waals surface area contributed by atoms with Crippen LogP contribution in [0.2, 0.25) is 0 Å². The van der Waals surface area contributed by atoms with Crippen LogP contribution in [0.3, 0.4) is 0 Å². The third-order valence-electron chi connectivity index (χ3n) is 5.20. The van der Waals surface area contributed by atoms with Crippen LogP contribution in [0.5, 0.6) is 0 Å². The lowest BCUT2D eigenvalue weighted by Crippen LogP contribution is -2.69. The average molecular weight is 302 g/mol. The number of hydrogen-bond donors (Lipinski definition) is 2. The van der Waals surface area contributed by atoms with Crippen molar-refractivity contribution in [3.8, 4) is 0 Å². The number of halogens is 1. The summed E-state index contributed by atoms with van der Waals surface area (Å²) in [6.07, 6.45) is 4.21. The Morgan fingerprint density at radius 3 is 2.55 bits per heavy atom. The highest BCUT2D eigenvalue weighted by molar-refractivity contribution is 6.20. The van der Waals surface area contributed by atoms with Crippen molar-refractivity contribution in [3.05, 3.63) is 0 Å². The molecule has 3 aliphatic heterocycles. The molecule has 2 N–H and O–H groups in total. The Bertz CT molecular complexity index is 321. The maximum absolute atomic E-state index is 6.29. The van der Waals surface area contributed by atoms with E-state index in [1.54, 1.807) is 0 Å². The van der Waals surface area contributed by atoms with Crippen molar-refractivity contribution in [2.75, 3.05) is 46.8 Å². The summed E-state index contributed by atoms with van der Waals surface area (Å²) in [5.74, 6) is 0. The maximum atomic E-state index is 6.29. The topological polar surface area (TPSA) is 33.8 Å². The molecule has 0 aromatic rings. The van der Waals surface area contributed by atoms with E-state index in [0.29, 0.717) is 18.2 Å². The van der Waals surface area contributed by atoms with Gasteiger partial charge in [-0.15, -0.1) is 0 Å². The van der Waals surface area contributed by atoms with Gasteiger partial charge in [0.25, 0.3) is 0 Å². The highest BCUT2D eigenvalue weighted by Gasteiger charge is 2.40. The Morgan fingerprint density at radius 2 is 1.80 bits per heavy atom. The molecular weight excluding hydrogens is 274 g/mol. The molecular formula is C14H28ClN5. The van der Waals surface area contributed by atoms with Gasteiger partial charge in [-0.2, -0.15) is 0 Å². The molecule has 3 aliphatic rings. The number of likely N-dealkylation sites (N-methyl/N-ethyl adjacent to an activating group) is 1. The van der Waals surface area contributed by atoms with Crippen LogP contribution in [0.1, 0.15) is 19.3 Å². The number of likely N-dealkylation sites (tertiary alicyclic amines) is 1. The second kappa shape index (κ2) is 6.46. The SMILES string of the molecule is CN1CCC(N2CCCN(C)C3CNC(Cl)NC32)CC1. The maximum Gasteiger partial charge on any atom is 0.136 e. The summed E-state index contributed by atoms with van der Waals surface area (Å²) >= 11 is 6.29. The second-order valence-electron chi connectivity index (χ2n) is 6.56. The van der Waals surface area contributed by atoms with E-state index in [1.807, 2.05) is 0 Å². The molecule has 3 atom stereocenters. The van der Waals surface area contributed by atoms with Crippen LogP contribution in [0.25, 0.3) is 0 Å². The molecule has 0 amide bonds. The Morgan fingerprint density at radius 1 is 1.05 bits per heavy atom. The van der Waals surface area contributed by atoms with Crippen molar-refractivity contribution < 1.29 is 0 Å². The van der Waals surface area contributed by atoms with E-state index in [-0.39, 0.29) is 5.62 Å². The smallest absolute Gasteiger partial charge is 0.136 e. The molecule has 3 rings (SSSR count). The predicted molar refractivity (Wildman–Crippen MR) is 82.8 cm³/mol. The number of piperidine rings is 1. The Balaban J connectivity index is 1.73. The fourth-order valence-electron chi connectivity index (χ4n) is 3.91. The number of nitrogens with zero attached hydrogens (tertiary/aromatic N) is 3. The summed E-state index contributed by atoms with van der Waals surface area (Å²) in [6.45, 7) is 5.79. The van der Waals surface area contributed by atoms with Gasteiger partial charge in [-0.25, -0.2) is 0 Å². The van der Waals surface area contributed by atoms with Gasteiger partial charge in [-0.05, 0) is 53.0 Å². The number of hydrogen-bond acceptors (Lipinski definition) is 5. The molecule has 116 valence electrons. The lowest BCUT2D eigenvalue weighted by atomic mass is 10.0. The molecule has 0 saturated carbocycles. The van der Waals surface area contributed by atoms with Crippen LogP contribution in [0.15, 0.2) is 0 Å². The van der Waals surface area contributed by atoms with E-state index >= 15 is 0 Å². The summed E-state index contributed by atoms with van der Waals surface area (Å²) in [5, 5.41) is 6.92. The van der Waals surface area contributed by atoms with Crippen LogP contribution in [-0.2, 0) is 0 Å². The normalized spacial score (nSPS) is 39.5. The van der Waals surface area contributed by atoms with E-state index in [1.165, 1.54) is 45.4 Å². The number of rotatable bonds is 1. The van der Waals surface area contributed by atoms with Gasteiger partial charge in [0.1, 0.15) is 5.62 Å². The van der Waals surface area contributed by atoms with Crippen LogP contribution in [0, 0.1) is 0 Å². The van der Waals surface area contributed by atoms with Crippen LogP contribution in [-0.4, -0.2) is 85.4 Å². The largest absolute Gasteiger partial charge is 0.306 e. The standard InChI is InChI=1S/C14H28ClN5/c1-18-8-4-11(5-9-18)20-7-3-6-19(2)12-10-16-14(15)17-13(12)20/h11-14,16-17H,3-10H2,1-2H3. The minimum absolute atomic E-state index is 0.100. The number of nitrogens with one attached hydrogen (secondary N) is 2. The molecule has 3 fully saturated rings. The summed E-state index contributed by atoms with van der Waals surface area (Å²) in [5.41, 5.74) is -0.100. The van der Waals surface area contributed by atoms with E-state index in [0.717, 1.165) is 6.54 Å². The molecule has 0 bridgehead atoms. The first-order chi connectivity index (χ1) is 9.65. The zero-order valence-electron chi connectivity index (χ0n) is 12.7. The summed E-state index contributed by atoms with van der Waals surface area (Å²) in [4.78, 5) is 7.64. The van der Waals surface area contributed by atoms with Crippen molar-refractivity contribution >= 4 is 11.6 Å². The predicted octanol–water partition coefficient (Wildman–Crippen LogP) is 0.128. The summed E-state index contributed by atoms with van der Waals surface area (Å²) in [6, 6.07) is 1.23. The molecule has 0 aromatic heterocycles. The Kier molecular flexibility index (Phi) is 4.85. The van der Waals surface area contributed by atoms with Gasteiger partial charge in [-0.3, -0.25) is 20.4 Å². The Labute approximate surface area is 127 Å². The van der Waals surface area contributed by atoms with Gasteiger partial charge in [0, 0.05) is 19.1 Å². The highest BCUT2D eigenvalue weighted by Crippen LogP contribution is 2.24. The fourth-order valence-corrected chi connectivity index (χ4v) is 4.13. The van der Waals surface area contributed by atoms with Gasteiger partial charge >= 0.3 is 0 Å². The zero-order chi connectivity index (χ0) is 14.1. The van der Waals surface area contributed by atoms with Gasteiger partial charge in [0.05, 0.1) is 12.2 Å². The molecule has 20 heavy (non-hydrogen) atoms. The average Bonchev–Trinajstić information content (AvgIpc) is 2.59. The molecule has 0 aromatic carbocycles. The molecule has 3 unspecified atom stereocenters. The van der Waals surface area contributed by atoms with Crippen molar-refractivity contribution in [3.63, 3.8) is 0 Å². The summed E-state index contributed by atoms with van der Waals surface area (Å²) < 4.78 is 0. The third-order valence-corrected chi connectivity index (χ3v) is 5.48. The Hall–Kier alpha value is 0.0900. The number of fused-ring (bicyclic) bond motifs is 1. The monoisotopic (exact) mass is 301 g/mol.